The fraction of sp³-hybridized carbons (Fsp3) is 0. The van der Waals surface area contributed by atoms with Crippen LogP contribution in [0.15, 0.2) is 33.7 Å². The van der Waals surface area contributed by atoms with Gasteiger partial charge in [0.15, 0.2) is 0 Å². The molecule has 0 radical (unpaired) electrons. The number of hydrogen-bond donors (Lipinski definition) is 0. The van der Waals surface area contributed by atoms with E-state index in [1.807, 2.05) is 12.4 Å². The van der Waals surface area contributed by atoms with Crippen molar-refractivity contribution in [3.8, 4) is 11.1 Å². The van der Waals surface area contributed by atoms with Gasteiger partial charge in [0.25, 0.3) is 0 Å². The van der Waals surface area contributed by atoms with Crippen molar-refractivity contribution in [3.63, 3.8) is 0 Å². The first-order valence-corrected chi connectivity index (χ1v) is 7.94. The lowest BCUT2D eigenvalue weighted by Gasteiger charge is -2.10. The standard InChI is InChI=1S/C10H4Br2I2N2/c11-5-1-15-3-7(13)9(5)10-6(12)2-16-4-8(10)14/h1-4H. The molecule has 0 aromatic carbocycles. The molecular weight excluding hydrogens is 562 g/mol. The lowest BCUT2D eigenvalue weighted by atomic mass is 10.1. The van der Waals surface area contributed by atoms with E-state index in [1.54, 1.807) is 12.4 Å². The zero-order valence-corrected chi connectivity index (χ0v) is 15.2. The predicted octanol–water partition coefficient (Wildman–Crippen LogP) is 4.88. The minimum absolute atomic E-state index is 0.990. The fourth-order valence-electron chi connectivity index (χ4n) is 1.30. The van der Waals surface area contributed by atoms with Gasteiger partial charge in [-0.1, -0.05) is 0 Å². The SMILES string of the molecule is Brc1cncc(I)c1-c1c(Br)cncc1I. The Morgan fingerprint density at radius 2 is 1.12 bits per heavy atom. The van der Waals surface area contributed by atoms with E-state index in [2.05, 4.69) is 87.0 Å². The number of rotatable bonds is 1. The maximum atomic E-state index is 4.14. The Morgan fingerprint density at radius 3 is 1.44 bits per heavy atom. The molecule has 0 aliphatic heterocycles. The summed E-state index contributed by atoms with van der Waals surface area (Å²) >= 11 is 11.7. The molecule has 0 fully saturated rings. The first kappa shape index (κ1) is 13.2. The number of pyridine rings is 2. The van der Waals surface area contributed by atoms with E-state index in [4.69, 9.17) is 0 Å². The van der Waals surface area contributed by atoms with Gasteiger partial charge in [-0.3, -0.25) is 9.97 Å². The van der Waals surface area contributed by atoms with E-state index in [-0.39, 0.29) is 0 Å². The maximum absolute atomic E-state index is 4.14. The molecule has 0 bridgehead atoms. The first-order valence-electron chi connectivity index (χ1n) is 4.19. The molecule has 0 amide bonds. The van der Waals surface area contributed by atoms with Crippen molar-refractivity contribution in [1.82, 2.24) is 9.97 Å². The molecule has 6 heteroatoms. The van der Waals surface area contributed by atoms with Gasteiger partial charge in [0.1, 0.15) is 0 Å². The molecule has 2 nitrogen and oxygen atoms in total. The van der Waals surface area contributed by atoms with E-state index in [9.17, 15) is 0 Å². The third-order valence-electron chi connectivity index (χ3n) is 1.96. The Morgan fingerprint density at radius 1 is 0.750 bits per heavy atom. The Bertz CT molecular complexity index is 456. The summed E-state index contributed by atoms with van der Waals surface area (Å²) in [5.41, 5.74) is 2.29. The van der Waals surface area contributed by atoms with E-state index in [0.29, 0.717) is 0 Å². The molecule has 16 heavy (non-hydrogen) atoms. The van der Waals surface area contributed by atoms with Crippen molar-refractivity contribution >= 4 is 77.0 Å². The van der Waals surface area contributed by atoms with E-state index in [1.165, 1.54) is 0 Å². The van der Waals surface area contributed by atoms with Gasteiger partial charge in [0.2, 0.25) is 0 Å². The molecule has 0 unspecified atom stereocenters. The largest absolute Gasteiger partial charge is 0.262 e. The molecule has 0 N–H and O–H groups in total. The van der Waals surface area contributed by atoms with Crippen molar-refractivity contribution in [2.75, 3.05) is 0 Å². The molecule has 0 saturated heterocycles. The van der Waals surface area contributed by atoms with Crippen LogP contribution in [-0.4, -0.2) is 9.97 Å². The van der Waals surface area contributed by atoms with Crippen LogP contribution in [0.5, 0.6) is 0 Å². The van der Waals surface area contributed by atoms with Crippen LogP contribution >= 0.6 is 77.0 Å². The van der Waals surface area contributed by atoms with Crippen molar-refractivity contribution in [3.05, 3.63) is 40.9 Å². The van der Waals surface area contributed by atoms with Crippen molar-refractivity contribution < 1.29 is 0 Å². The molecule has 0 aliphatic rings. The zero-order chi connectivity index (χ0) is 11.7. The average Bonchev–Trinajstić information content (AvgIpc) is 2.21. The number of aromatic nitrogens is 2. The van der Waals surface area contributed by atoms with Gasteiger partial charge in [0.05, 0.1) is 0 Å². The van der Waals surface area contributed by atoms with Crippen LogP contribution in [0.3, 0.4) is 0 Å². The summed E-state index contributed by atoms with van der Waals surface area (Å²) in [6, 6.07) is 0. The summed E-state index contributed by atoms with van der Waals surface area (Å²) in [6.45, 7) is 0. The van der Waals surface area contributed by atoms with Gasteiger partial charge in [-0.05, 0) is 77.0 Å². The van der Waals surface area contributed by atoms with Gasteiger partial charge in [-0.2, -0.15) is 0 Å². The molecule has 2 heterocycles. The summed E-state index contributed by atoms with van der Waals surface area (Å²) < 4.78 is 4.20. The molecular formula is C10H4Br2I2N2. The highest BCUT2D eigenvalue weighted by Crippen LogP contribution is 2.38. The second kappa shape index (κ2) is 5.57. The summed E-state index contributed by atoms with van der Waals surface area (Å²) in [5.74, 6) is 0. The normalized spacial score (nSPS) is 10.5. The highest BCUT2D eigenvalue weighted by Gasteiger charge is 2.14. The summed E-state index contributed by atoms with van der Waals surface area (Å²) in [5, 5.41) is 0. The van der Waals surface area contributed by atoms with Crippen LogP contribution in [0.2, 0.25) is 0 Å². The van der Waals surface area contributed by atoms with Gasteiger partial charge >= 0.3 is 0 Å². The van der Waals surface area contributed by atoms with E-state index >= 15 is 0 Å². The average molecular weight is 566 g/mol. The molecule has 2 rings (SSSR count). The Kier molecular flexibility index (Phi) is 4.58. The van der Waals surface area contributed by atoms with E-state index in [0.717, 1.165) is 27.2 Å². The predicted molar refractivity (Wildman–Crippen MR) is 88.3 cm³/mol. The van der Waals surface area contributed by atoms with Gasteiger partial charge in [-0.25, -0.2) is 0 Å². The van der Waals surface area contributed by atoms with Crippen LogP contribution in [-0.2, 0) is 0 Å². The maximum Gasteiger partial charge on any atom is 0.0448 e. The third-order valence-corrected chi connectivity index (χ3v) is 4.80. The van der Waals surface area contributed by atoms with Crippen molar-refractivity contribution in [2.24, 2.45) is 0 Å². The fourth-order valence-corrected chi connectivity index (χ4v) is 4.54. The lowest BCUT2D eigenvalue weighted by molar-refractivity contribution is 1.26. The second-order valence-corrected chi connectivity index (χ2v) is 6.99. The first-order chi connectivity index (χ1) is 7.61. The highest BCUT2D eigenvalue weighted by molar-refractivity contribution is 14.1. The smallest absolute Gasteiger partial charge is 0.0448 e. The molecule has 2 aromatic heterocycles. The molecule has 2 aromatic rings. The van der Waals surface area contributed by atoms with Gasteiger partial charge < -0.3 is 0 Å². The second-order valence-electron chi connectivity index (χ2n) is 2.96. The monoisotopic (exact) mass is 564 g/mol. The summed E-state index contributed by atoms with van der Waals surface area (Å²) in [7, 11) is 0. The van der Waals surface area contributed by atoms with Gasteiger partial charge in [0, 0.05) is 52.0 Å². The summed E-state index contributed by atoms with van der Waals surface area (Å²) in [6.07, 6.45) is 7.31. The highest BCUT2D eigenvalue weighted by atomic mass is 127. The lowest BCUT2D eigenvalue weighted by Crippen LogP contribution is -1.92. The molecule has 0 saturated carbocycles. The van der Waals surface area contributed by atoms with Crippen molar-refractivity contribution in [2.45, 2.75) is 0 Å². The van der Waals surface area contributed by atoms with E-state index < -0.39 is 0 Å². The molecule has 0 atom stereocenters. The minimum atomic E-state index is 0.990. The van der Waals surface area contributed by atoms with Gasteiger partial charge in [-0.15, -0.1) is 0 Å². The molecule has 0 spiro atoms. The Balaban J connectivity index is 2.77. The van der Waals surface area contributed by atoms with Crippen LogP contribution in [0.25, 0.3) is 11.1 Å². The Labute approximate surface area is 137 Å². The van der Waals surface area contributed by atoms with Crippen LogP contribution in [0.1, 0.15) is 0 Å². The van der Waals surface area contributed by atoms with Crippen LogP contribution in [0.4, 0.5) is 0 Å². The number of nitrogens with zero attached hydrogens (tertiary/aromatic N) is 2. The van der Waals surface area contributed by atoms with Crippen LogP contribution in [0, 0.1) is 7.14 Å². The van der Waals surface area contributed by atoms with Crippen molar-refractivity contribution in [1.29, 1.82) is 0 Å². The zero-order valence-electron chi connectivity index (χ0n) is 7.72. The minimum Gasteiger partial charge on any atom is -0.262 e. The number of hydrogen-bond acceptors (Lipinski definition) is 2. The quantitative estimate of drug-likeness (QED) is 0.461. The Hall–Kier alpha value is 0.720. The third kappa shape index (κ3) is 2.59. The number of halogens is 4. The topological polar surface area (TPSA) is 25.8 Å². The summed E-state index contributed by atoms with van der Waals surface area (Å²) in [4.78, 5) is 8.28. The van der Waals surface area contributed by atoms with Crippen LogP contribution < -0.4 is 0 Å². The molecule has 82 valence electrons. The molecule has 0 aliphatic carbocycles.